The SMILES string of the molecule is CC(=O)Nc1cnc(-c2cccnc2-c2ccc(-c3ccc(-c4ccc5ccccc5c4)cc3O)cc2)o1. The predicted molar refractivity (Wildman–Crippen MR) is 150 cm³/mol. The largest absolute Gasteiger partial charge is 0.507 e. The molecular weight excluding hydrogens is 474 g/mol. The molecule has 0 aliphatic carbocycles. The van der Waals surface area contributed by atoms with Gasteiger partial charge in [0.15, 0.2) is 0 Å². The Labute approximate surface area is 219 Å². The number of nitrogens with zero attached hydrogens (tertiary/aromatic N) is 2. The number of amides is 1. The predicted octanol–water partition coefficient (Wildman–Crippen LogP) is 7.55. The van der Waals surface area contributed by atoms with E-state index in [9.17, 15) is 9.90 Å². The van der Waals surface area contributed by atoms with Crippen LogP contribution in [0.15, 0.2) is 114 Å². The minimum Gasteiger partial charge on any atom is -0.507 e. The van der Waals surface area contributed by atoms with Gasteiger partial charge in [-0.2, -0.15) is 0 Å². The van der Waals surface area contributed by atoms with Crippen LogP contribution in [0.5, 0.6) is 5.75 Å². The first kappa shape index (κ1) is 23.2. The first-order valence-electron chi connectivity index (χ1n) is 12.2. The van der Waals surface area contributed by atoms with Crippen LogP contribution < -0.4 is 5.32 Å². The van der Waals surface area contributed by atoms with E-state index in [2.05, 4.69) is 45.6 Å². The Hall–Kier alpha value is -5.23. The number of nitrogens with one attached hydrogen (secondary N) is 1. The topological polar surface area (TPSA) is 88.2 Å². The molecule has 0 saturated heterocycles. The van der Waals surface area contributed by atoms with Crippen LogP contribution in [-0.2, 0) is 4.79 Å². The summed E-state index contributed by atoms with van der Waals surface area (Å²) in [6, 6.07) is 31.8. The number of hydrogen-bond donors (Lipinski definition) is 2. The normalized spacial score (nSPS) is 11.0. The van der Waals surface area contributed by atoms with Crippen molar-refractivity contribution in [3.63, 3.8) is 0 Å². The third-order valence-electron chi connectivity index (χ3n) is 6.39. The van der Waals surface area contributed by atoms with Gasteiger partial charge >= 0.3 is 0 Å². The highest BCUT2D eigenvalue weighted by Crippen LogP contribution is 2.36. The zero-order valence-corrected chi connectivity index (χ0v) is 20.6. The fourth-order valence-corrected chi connectivity index (χ4v) is 4.57. The number of benzene rings is 4. The lowest BCUT2D eigenvalue weighted by atomic mass is 9.96. The van der Waals surface area contributed by atoms with Crippen molar-refractivity contribution in [3.05, 3.63) is 109 Å². The number of carbonyl (C=O) groups is 1. The van der Waals surface area contributed by atoms with E-state index in [0.29, 0.717) is 17.1 Å². The maximum absolute atomic E-state index is 11.3. The van der Waals surface area contributed by atoms with Gasteiger partial charge in [-0.1, -0.05) is 72.8 Å². The monoisotopic (exact) mass is 497 g/mol. The van der Waals surface area contributed by atoms with Gasteiger partial charge < -0.3 is 9.52 Å². The van der Waals surface area contributed by atoms with E-state index < -0.39 is 0 Å². The van der Waals surface area contributed by atoms with Gasteiger partial charge in [0.1, 0.15) is 5.75 Å². The minimum atomic E-state index is -0.233. The summed E-state index contributed by atoms with van der Waals surface area (Å²) in [7, 11) is 0. The van der Waals surface area contributed by atoms with E-state index >= 15 is 0 Å². The summed E-state index contributed by atoms with van der Waals surface area (Å²) in [6.45, 7) is 1.41. The van der Waals surface area contributed by atoms with Crippen molar-refractivity contribution in [3.8, 4) is 50.7 Å². The number of hydrogen-bond acceptors (Lipinski definition) is 5. The highest BCUT2D eigenvalue weighted by molar-refractivity contribution is 5.89. The highest BCUT2D eigenvalue weighted by Gasteiger charge is 2.15. The second kappa shape index (κ2) is 9.67. The van der Waals surface area contributed by atoms with E-state index in [1.807, 2.05) is 60.7 Å². The number of pyridine rings is 1. The summed E-state index contributed by atoms with van der Waals surface area (Å²) in [5.74, 6) is 0.624. The number of phenols is 1. The Kier molecular flexibility index (Phi) is 5.90. The first-order chi connectivity index (χ1) is 18.5. The third-order valence-corrected chi connectivity index (χ3v) is 6.39. The van der Waals surface area contributed by atoms with E-state index in [1.165, 1.54) is 18.5 Å². The van der Waals surface area contributed by atoms with Gasteiger partial charge in [0.2, 0.25) is 17.7 Å². The van der Waals surface area contributed by atoms with Gasteiger partial charge in [-0.25, -0.2) is 4.98 Å². The van der Waals surface area contributed by atoms with Crippen LogP contribution in [0.25, 0.3) is 55.7 Å². The Morgan fingerprint density at radius 2 is 1.45 bits per heavy atom. The second-order valence-electron chi connectivity index (χ2n) is 8.98. The fraction of sp³-hybridized carbons (Fsp3) is 0.0312. The molecule has 0 saturated carbocycles. The zero-order valence-electron chi connectivity index (χ0n) is 20.6. The van der Waals surface area contributed by atoms with Crippen molar-refractivity contribution in [2.75, 3.05) is 5.32 Å². The highest BCUT2D eigenvalue weighted by atomic mass is 16.4. The van der Waals surface area contributed by atoms with Crippen molar-refractivity contribution in [2.24, 2.45) is 0 Å². The van der Waals surface area contributed by atoms with Crippen molar-refractivity contribution >= 4 is 22.6 Å². The first-order valence-corrected chi connectivity index (χ1v) is 12.2. The average Bonchev–Trinajstić information content (AvgIpc) is 3.40. The third kappa shape index (κ3) is 4.51. The number of anilines is 1. The number of rotatable bonds is 5. The summed E-state index contributed by atoms with van der Waals surface area (Å²) >= 11 is 0. The van der Waals surface area contributed by atoms with Crippen LogP contribution in [0.3, 0.4) is 0 Å². The van der Waals surface area contributed by atoms with Crippen LogP contribution in [0.1, 0.15) is 6.92 Å². The van der Waals surface area contributed by atoms with Gasteiger partial charge in [0, 0.05) is 24.2 Å². The molecule has 6 rings (SSSR count). The van der Waals surface area contributed by atoms with Crippen molar-refractivity contribution < 1.29 is 14.3 Å². The average molecular weight is 498 g/mol. The summed E-state index contributed by atoms with van der Waals surface area (Å²) in [6.07, 6.45) is 3.18. The number of aromatic nitrogens is 2. The molecule has 4 aromatic carbocycles. The van der Waals surface area contributed by atoms with E-state index in [4.69, 9.17) is 4.42 Å². The Morgan fingerprint density at radius 1 is 0.737 bits per heavy atom. The number of oxazole rings is 1. The molecule has 0 fully saturated rings. The van der Waals surface area contributed by atoms with Gasteiger partial charge in [-0.05, 0) is 51.7 Å². The molecule has 184 valence electrons. The molecule has 0 spiro atoms. The standard InChI is InChI=1S/C32H23N3O3/c1-20(36)35-30-19-34-32(38-30)28-7-4-16-33-31(28)23-11-9-22(10-12-23)27-15-14-26(18-29(27)37)25-13-8-21-5-2-3-6-24(21)17-25/h2-19,37H,1H3,(H,35,36). The summed E-state index contributed by atoms with van der Waals surface area (Å²) in [4.78, 5) is 20.2. The molecule has 2 aromatic heterocycles. The lowest BCUT2D eigenvalue weighted by molar-refractivity contribution is -0.114. The molecule has 0 unspecified atom stereocenters. The van der Waals surface area contributed by atoms with Crippen LogP contribution in [0, 0.1) is 0 Å². The number of phenolic OH excluding ortho intramolecular Hbond substituents is 1. The van der Waals surface area contributed by atoms with Crippen LogP contribution in [0.2, 0.25) is 0 Å². The number of carbonyl (C=O) groups excluding carboxylic acids is 1. The molecule has 1 amide bonds. The van der Waals surface area contributed by atoms with Gasteiger partial charge in [-0.3, -0.25) is 15.1 Å². The molecule has 0 aliphatic rings. The molecule has 0 radical (unpaired) electrons. The molecule has 6 heteroatoms. The van der Waals surface area contributed by atoms with Crippen molar-refractivity contribution in [2.45, 2.75) is 6.92 Å². The lowest BCUT2D eigenvalue weighted by Crippen LogP contribution is -2.04. The second-order valence-corrected chi connectivity index (χ2v) is 8.98. The molecule has 2 N–H and O–H groups in total. The van der Waals surface area contributed by atoms with Crippen LogP contribution in [-0.4, -0.2) is 21.0 Å². The molecule has 0 bridgehead atoms. The zero-order chi connectivity index (χ0) is 26.1. The number of fused-ring (bicyclic) bond motifs is 1. The molecule has 38 heavy (non-hydrogen) atoms. The quantitative estimate of drug-likeness (QED) is 0.257. The van der Waals surface area contributed by atoms with E-state index in [0.717, 1.165) is 33.2 Å². The minimum absolute atomic E-state index is 0.215. The molecule has 6 aromatic rings. The fourth-order valence-electron chi connectivity index (χ4n) is 4.57. The molecule has 2 heterocycles. The van der Waals surface area contributed by atoms with Gasteiger partial charge in [0.25, 0.3) is 0 Å². The smallest absolute Gasteiger partial charge is 0.230 e. The lowest BCUT2D eigenvalue weighted by Gasteiger charge is -2.10. The van der Waals surface area contributed by atoms with E-state index in [1.54, 1.807) is 12.3 Å². The van der Waals surface area contributed by atoms with Gasteiger partial charge in [0.05, 0.1) is 17.5 Å². The summed E-state index contributed by atoms with van der Waals surface area (Å²) in [5, 5.41) is 15.8. The molecular formula is C32H23N3O3. The maximum atomic E-state index is 11.3. The van der Waals surface area contributed by atoms with Gasteiger partial charge in [-0.15, -0.1) is 0 Å². The molecule has 0 aliphatic heterocycles. The molecule has 6 nitrogen and oxygen atoms in total. The molecule has 0 atom stereocenters. The van der Waals surface area contributed by atoms with Crippen LogP contribution in [0.4, 0.5) is 5.88 Å². The Bertz CT molecular complexity index is 1790. The Morgan fingerprint density at radius 3 is 2.24 bits per heavy atom. The summed E-state index contributed by atoms with van der Waals surface area (Å²) < 4.78 is 5.71. The number of aromatic hydroxyl groups is 1. The Balaban J connectivity index is 1.29. The van der Waals surface area contributed by atoms with Crippen molar-refractivity contribution in [1.82, 2.24) is 9.97 Å². The van der Waals surface area contributed by atoms with E-state index in [-0.39, 0.29) is 17.5 Å². The maximum Gasteiger partial charge on any atom is 0.230 e. The van der Waals surface area contributed by atoms with Crippen LogP contribution >= 0.6 is 0 Å². The summed E-state index contributed by atoms with van der Waals surface area (Å²) in [5.41, 5.74) is 5.92. The van der Waals surface area contributed by atoms with Crippen molar-refractivity contribution in [1.29, 1.82) is 0 Å².